The number of ether oxygens (including phenoxy) is 2. The van der Waals surface area contributed by atoms with E-state index in [1.807, 2.05) is 0 Å². The number of carbonyl (C=O) groups excluding carboxylic acids is 1. The highest BCUT2D eigenvalue weighted by atomic mass is 35.5. The largest absolute Gasteiger partial charge is 0.509 e. The minimum Gasteiger partial charge on any atom is -0.434 e. The Bertz CT molecular complexity index is 220. The summed E-state index contributed by atoms with van der Waals surface area (Å²) in [5.74, 6) is 2.27. The zero-order chi connectivity index (χ0) is 12.1. The maximum absolute atomic E-state index is 11.0. The molecule has 1 aliphatic carbocycles. The van der Waals surface area contributed by atoms with Crippen LogP contribution < -0.4 is 0 Å². The van der Waals surface area contributed by atoms with Crippen LogP contribution in [0, 0.1) is 17.8 Å². The van der Waals surface area contributed by atoms with Gasteiger partial charge >= 0.3 is 6.16 Å². The summed E-state index contributed by atoms with van der Waals surface area (Å²) in [4.78, 5) is 11.0. The third-order valence-corrected chi connectivity index (χ3v) is 3.48. The lowest BCUT2D eigenvalue weighted by atomic mass is 10.0. The van der Waals surface area contributed by atoms with E-state index in [1.165, 1.54) is 12.8 Å². The molecule has 3 atom stereocenters. The number of hydrogen-bond donors (Lipinski definition) is 0. The number of carbonyl (C=O) groups is 1. The smallest absolute Gasteiger partial charge is 0.434 e. The van der Waals surface area contributed by atoms with Gasteiger partial charge in [0.2, 0.25) is 0 Å². The summed E-state index contributed by atoms with van der Waals surface area (Å²) >= 11 is 5.49. The first kappa shape index (κ1) is 13.6. The topological polar surface area (TPSA) is 35.5 Å². The molecule has 3 nitrogen and oxygen atoms in total. The molecule has 0 aromatic heterocycles. The number of alkyl halides is 1. The van der Waals surface area contributed by atoms with E-state index in [-0.39, 0.29) is 0 Å². The average Bonchev–Trinajstić information content (AvgIpc) is 2.44. The van der Waals surface area contributed by atoms with Crippen molar-refractivity contribution in [3.63, 3.8) is 0 Å². The van der Waals surface area contributed by atoms with Crippen LogP contribution >= 0.6 is 11.6 Å². The average molecular weight is 249 g/mol. The van der Waals surface area contributed by atoms with Crippen molar-refractivity contribution in [2.24, 2.45) is 17.8 Å². The first-order valence-corrected chi connectivity index (χ1v) is 6.40. The van der Waals surface area contributed by atoms with Gasteiger partial charge in [0.25, 0.3) is 0 Å². The van der Waals surface area contributed by atoms with E-state index < -0.39 is 11.7 Å². The molecule has 4 heteroatoms. The van der Waals surface area contributed by atoms with Crippen molar-refractivity contribution in [2.45, 2.75) is 45.6 Å². The third-order valence-electron chi connectivity index (χ3n) is 3.39. The Morgan fingerprint density at radius 2 is 1.94 bits per heavy atom. The van der Waals surface area contributed by atoms with Gasteiger partial charge in [0.05, 0.1) is 6.61 Å². The maximum Gasteiger partial charge on any atom is 0.509 e. The maximum atomic E-state index is 11.0. The van der Waals surface area contributed by atoms with Crippen molar-refractivity contribution < 1.29 is 14.3 Å². The van der Waals surface area contributed by atoms with Crippen LogP contribution in [0.2, 0.25) is 0 Å². The lowest BCUT2D eigenvalue weighted by molar-refractivity contribution is 0.0461. The second kappa shape index (κ2) is 6.33. The van der Waals surface area contributed by atoms with Gasteiger partial charge in [0.15, 0.2) is 5.56 Å². The van der Waals surface area contributed by atoms with Crippen LogP contribution in [0.1, 0.15) is 40.0 Å². The van der Waals surface area contributed by atoms with E-state index in [1.54, 1.807) is 6.92 Å². The summed E-state index contributed by atoms with van der Waals surface area (Å²) in [5, 5.41) is 0. The highest BCUT2D eigenvalue weighted by Crippen LogP contribution is 2.37. The summed E-state index contributed by atoms with van der Waals surface area (Å²) < 4.78 is 9.60. The third kappa shape index (κ3) is 4.60. The van der Waals surface area contributed by atoms with Crippen molar-refractivity contribution >= 4 is 17.8 Å². The molecule has 0 aromatic rings. The molecule has 0 aromatic carbocycles. The van der Waals surface area contributed by atoms with Gasteiger partial charge in [-0.1, -0.05) is 25.4 Å². The van der Waals surface area contributed by atoms with Gasteiger partial charge in [0, 0.05) is 0 Å². The molecule has 0 radical (unpaired) electrons. The highest BCUT2D eigenvalue weighted by molar-refractivity contribution is 6.19. The van der Waals surface area contributed by atoms with Crippen molar-refractivity contribution in [3.05, 3.63) is 0 Å². The lowest BCUT2D eigenvalue weighted by Gasteiger charge is -2.10. The Hall–Kier alpha value is -0.440. The number of rotatable bonds is 4. The van der Waals surface area contributed by atoms with E-state index in [4.69, 9.17) is 16.3 Å². The zero-order valence-corrected chi connectivity index (χ0v) is 11.0. The second-order valence-electron chi connectivity index (χ2n) is 4.84. The Kier molecular flexibility index (Phi) is 5.39. The predicted molar refractivity (Wildman–Crippen MR) is 63.4 cm³/mol. The molecular weight excluding hydrogens is 228 g/mol. The summed E-state index contributed by atoms with van der Waals surface area (Å²) in [6, 6.07) is 0. The Morgan fingerprint density at radius 1 is 1.38 bits per heavy atom. The van der Waals surface area contributed by atoms with Crippen LogP contribution in [-0.2, 0) is 9.47 Å². The molecular formula is C12H21ClO3. The first-order chi connectivity index (χ1) is 7.49. The van der Waals surface area contributed by atoms with Crippen LogP contribution in [-0.4, -0.2) is 18.3 Å². The fourth-order valence-corrected chi connectivity index (χ4v) is 2.40. The van der Waals surface area contributed by atoms with Crippen molar-refractivity contribution in [1.82, 2.24) is 0 Å². The van der Waals surface area contributed by atoms with Gasteiger partial charge in [-0.25, -0.2) is 4.79 Å². The Balaban J connectivity index is 2.10. The van der Waals surface area contributed by atoms with Crippen molar-refractivity contribution in [1.29, 1.82) is 0 Å². The molecule has 94 valence electrons. The van der Waals surface area contributed by atoms with Gasteiger partial charge in [-0.2, -0.15) is 0 Å². The molecule has 0 heterocycles. The van der Waals surface area contributed by atoms with E-state index in [9.17, 15) is 4.79 Å². The SMILES string of the molecule is CC(Cl)OC(=O)OCCC1CC(C)C(C)C1. The van der Waals surface area contributed by atoms with Crippen LogP contribution in [0.3, 0.4) is 0 Å². The molecule has 16 heavy (non-hydrogen) atoms. The molecule has 0 bridgehead atoms. The lowest BCUT2D eigenvalue weighted by Crippen LogP contribution is -2.13. The van der Waals surface area contributed by atoms with Crippen LogP contribution in [0.15, 0.2) is 0 Å². The monoisotopic (exact) mass is 248 g/mol. The molecule has 0 N–H and O–H groups in total. The second-order valence-corrected chi connectivity index (χ2v) is 5.45. The fraction of sp³-hybridized carbons (Fsp3) is 0.917. The van der Waals surface area contributed by atoms with E-state index in [0.29, 0.717) is 12.5 Å². The predicted octanol–water partition coefficient (Wildman–Crippen LogP) is 3.80. The molecule has 1 rings (SSSR count). The van der Waals surface area contributed by atoms with Gasteiger partial charge in [-0.05, 0) is 43.9 Å². The van der Waals surface area contributed by atoms with Crippen LogP contribution in [0.5, 0.6) is 0 Å². The molecule has 0 saturated heterocycles. The minimum absolute atomic E-state index is 0.437. The molecule has 1 fully saturated rings. The normalized spacial score (nSPS) is 31.1. The van der Waals surface area contributed by atoms with E-state index in [0.717, 1.165) is 18.3 Å². The summed E-state index contributed by atoms with van der Waals surface area (Å²) in [6.07, 6.45) is 2.75. The molecule has 1 saturated carbocycles. The van der Waals surface area contributed by atoms with Crippen molar-refractivity contribution in [3.8, 4) is 0 Å². The van der Waals surface area contributed by atoms with Crippen LogP contribution in [0.4, 0.5) is 4.79 Å². The quantitative estimate of drug-likeness (QED) is 0.561. The Morgan fingerprint density at radius 3 is 2.44 bits per heavy atom. The highest BCUT2D eigenvalue weighted by Gasteiger charge is 2.27. The molecule has 1 aliphatic rings. The number of hydrogen-bond acceptors (Lipinski definition) is 3. The van der Waals surface area contributed by atoms with Gasteiger partial charge in [-0.15, -0.1) is 0 Å². The zero-order valence-electron chi connectivity index (χ0n) is 10.2. The molecule has 3 unspecified atom stereocenters. The molecule has 0 aliphatic heterocycles. The molecule has 0 spiro atoms. The fourth-order valence-electron chi connectivity index (χ4n) is 2.32. The summed E-state index contributed by atoms with van der Waals surface area (Å²) in [5.41, 5.74) is -0.626. The van der Waals surface area contributed by atoms with Gasteiger partial charge in [0.1, 0.15) is 0 Å². The summed E-state index contributed by atoms with van der Waals surface area (Å²) in [6.45, 7) is 6.60. The van der Waals surface area contributed by atoms with Crippen molar-refractivity contribution in [2.75, 3.05) is 6.61 Å². The van der Waals surface area contributed by atoms with Crippen LogP contribution in [0.25, 0.3) is 0 Å². The van der Waals surface area contributed by atoms with E-state index >= 15 is 0 Å². The molecule has 0 amide bonds. The summed E-state index contributed by atoms with van der Waals surface area (Å²) in [7, 11) is 0. The Labute approximate surface area is 102 Å². The standard InChI is InChI=1S/C12H21ClO3/c1-8-6-11(7-9(8)2)4-5-15-12(14)16-10(3)13/h8-11H,4-7H2,1-3H3. The van der Waals surface area contributed by atoms with Gasteiger partial charge in [-0.3, -0.25) is 0 Å². The van der Waals surface area contributed by atoms with E-state index in [2.05, 4.69) is 18.6 Å². The minimum atomic E-state index is -0.665. The first-order valence-electron chi connectivity index (χ1n) is 5.96. The number of halogens is 1. The van der Waals surface area contributed by atoms with Gasteiger partial charge < -0.3 is 9.47 Å².